The molecule has 130 valence electrons. The smallest absolute Gasteiger partial charge is 0.271 e. The zero-order chi connectivity index (χ0) is 17.2. The van der Waals surface area contributed by atoms with E-state index in [1.54, 1.807) is 0 Å². The summed E-state index contributed by atoms with van der Waals surface area (Å²) in [4.78, 5) is 14.8. The number of hydrogen-bond acceptors (Lipinski definition) is 3. The Kier molecular flexibility index (Phi) is 5.50. The molecule has 1 fully saturated rings. The minimum atomic E-state index is -0.108. The normalized spacial score (nSPS) is 23.0. The lowest BCUT2D eigenvalue weighted by Gasteiger charge is -2.34. The second-order valence-electron chi connectivity index (χ2n) is 8.22. The van der Waals surface area contributed by atoms with Crippen molar-refractivity contribution >= 4 is 5.91 Å². The molecule has 1 aromatic rings. The summed E-state index contributed by atoms with van der Waals surface area (Å²) in [5.41, 5.74) is 1.42. The van der Waals surface area contributed by atoms with Gasteiger partial charge in [-0.3, -0.25) is 9.48 Å². The molecule has 0 aromatic carbocycles. The first-order valence-electron chi connectivity index (χ1n) is 8.74. The van der Waals surface area contributed by atoms with Gasteiger partial charge in [0.2, 0.25) is 0 Å². The van der Waals surface area contributed by atoms with E-state index in [9.17, 15) is 4.79 Å². The molecule has 1 aliphatic heterocycles. The van der Waals surface area contributed by atoms with E-state index in [0.29, 0.717) is 12.2 Å². The molecule has 1 aliphatic rings. The highest BCUT2D eigenvalue weighted by Crippen LogP contribution is 2.20. The van der Waals surface area contributed by atoms with Crippen LogP contribution in [0.4, 0.5) is 0 Å². The Morgan fingerprint density at radius 2 is 1.91 bits per heavy atom. The third-order valence-electron chi connectivity index (χ3n) is 4.41. The molecule has 0 bridgehead atoms. The van der Waals surface area contributed by atoms with E-state index in [2.05, 4.69) is 49.9 Å². The number of hydrogen-bond donors (Lipinski definition) is 1. The maximum atomic E-state index is 12.3. The van der Waals surface area contributed by atoms with Crippen LogP contribution in [0.25, 0.3) is 0 Å². The van der Waals surface area contributed by atoms with E-state index in [-0.39, 0.29) is 11.4 Å². The number of nitrogens with zero attached hydrogens (tertiary/aromatic N) is 3. The summed E-state index contributed by atoms with van der Waals surface area (Å²) in [5, 5.41) is 7.47. The van der Waals surface area contributed by atoms with Crippen LogP contribution in [0.3, 0.4) is 0 Å². The summed E-state index contributed by atoms with van der Waals surface area (Å²) in [6, 6.07) is 1.87. The molecule has 1 amide bonds. The fraction of sp³-hybridized carbons (Fsp3) is 0.778. The molecule has 2 heterocycles. The molecule has 23 heavy (non-hydrogen) atoms. The second kappa shape index (κ2) is 7.04. The van der Waals surface area contributed by atoms with Crippen LogP contribution in [0.2, 0.25) is 0 Å². The Bertz CT molecular complexity index is 534. The standard InChI is InChI=1S/C18H32N4O/c1-13-9-14(2)12-21(11-13)8-7-19-17(23)16-10-15(3)22(20-16)18(4,5)6/h10,13-14H,7-9,11-12H2,1-6H3,(H,19,23)/t13-,14-/m0/s1. The molecule has 0 radical (unpaired) electrons. The van der Waals surface area contributed by atoms with Gasteiger partial charge in [-0.05, 0) is 52.0 Å². The summed E-state index contributed by atoms with van der Waals surface area (Å²) in [6.07, 6.45) is 1.31. The predicted octanol–water partition coefficient (Wildman–Crippen LogP) is 2.65. The largest absolute Gasteiger partial charge is 0.349 e. The molecule has 2 atom stereocenters. The fourth-order valence-corrected chi connectivity index (χ4v) is 3.66. The molecule has 0 saturated carbocycles. The van der Waals surface area contributed by atoms with E-state index in [4.69, 9.17) is 0 Å². The predicted molar refractivity (Wildman–Crippen MR) is 93.7 cm³/mol. The van der Waals surface area contributed by atoms with Crippen molar-refractivity contribution in [2.45, 2.75) is 53.5 Å². The van der Waals surface area contributed by atoms with Crippen LogP contribution in [0.1, 0.15) is 57.2 Å². The number of rotatable bonds is 4. The molecular formula is C18H32N4O. The van der Waals surface area contributed by atoms with Crippen molar-refractivity contribution in [1.29, 1.82) is 0 Å². The van der Waals surface area contributed by atoms with Gasteiger partial charge in [0.1, 0.15) is 5.69 Å². The van der Waals surface area contributed by atoms with Crippen molar-refractivity contribution < 1.29 is 4.79 Å². The first-order chi connectivity index (χ1) is 10.7. The number of aromatic nitrogens is 2. The summed E-state index contributed by atoms with van der Waals surface area (Å²) in [6.45, 7) is 16.8. The molecule has 0 aliphatic carbocycles. The summed E-state index contributed by atoms with van der Waals surface area (Å²) in [5.74, 6) is 1.42. The fourth-order valence-electron chi connectivity index (χ4n) is 3.66. The minimum absolute atomic E-state index is 0.0748. The van der Waals surface area contributed by atoms with Crippen LogP contribution < -0.4 is 5.32 Å². The Morgan fingerprint density at radius 1 is 1.30 bits per heavy atom. The van der Waals surface area contributed by atoms with Gasteiger partial charge in [0.15, 0.2) is 0 Å². The number of nitrogens with one attached hydrogen (secondary N) is 1. The zero-order valence-corrected chi connectivity index (χ0v) is 15.5. The third kappa shape index (κ3) is 4.80. The van der Waals surface area contributed by atoms with Crippen LogP contribution in [-0.2, 0) is 5.54 Å². The van der Waals surface area contributed by atoms with Crippen LogP contribution >= 0.6 is 0 Å². The van der Waals surface area contributed by atoms with Crippen molar-refractivity contribution in [3.63, 3.8) is 0 Å². The van der Waals surface area contributed by atoms with Gasteiger partial charge in [-0.2, -0.15) is 5.10 Å². The Morgan fingerprint density at radius 3 is 2.43 bits per heavy atom. The van der Waals surface area contributed by atoms with Gasteiger partial charge >= 0.3 is 0 Å². The number of likely N-dealkylation sites (tertiary alicyclic amines) is 1. The lowest BCUT2D eigenvalue weighted by atomic mass is 9.92. The number of piperidine rings is 1. The molecule has 0 unspecified atom stereocenters. The van der Waals surface area contributed by atoms with Crippen molar-refractivity contribution in [3.8, 4) is 0 Å². The lowest BCUT2D eigenvalue weighted by Crippen LogP contribution is -2.43. The molecular weight excluding hydrogens is 288 g/mol. The molecule has 1 N–H and O–H groups in total. The number of amides is 1. The molecule has 1 aromatic heterocycles. The summed E-state index contributed by atoms with van der Waals surface area (Å²) >= 11 is 0. The average Bonchev–Trinajstić information content (AvgIpc) is 2.79. The van der Waals surface area contributed by atoms with Crippen molar-refractivity contribution in [2.75, 3.05) is 26.2 Å². The van der Waals surface area contributed by atoms with Gasteiger partial charge in [-0.25, -0.2) is 0 Å². The lowest BCUT2D eigenvalue weighted by molar-refractivity contribution is 0.0930. The monoisotopic (exact) mass is 320 g/mol. The minimum Gasteiger partial charge on any atom is -0.349 e. The SMILES string of the molecule is Cc1cc(C(=O)NCCN2C[C@@H](C)C[C@H](C)C2)nn1C(C)(C)C. The van der Waals surface area contributed by atoms with E-state index in [0.717, 1.165) is 37.2 Å². The van der Waals surface area contributed by atoms with Crippen LogP contribution in [0.15, 0.2) is 6.07 Å². The van der Waals surface area contributed by atoms with Crippen molar-refractivity contribution in [1.82, 2.24) is 20.0 Å². The topological polar surface area (TPSA) is 50.2 Å². The molecule has 1 saturated heterocycles. The summed E-state index contributed by atoms with van der Waals surface area (Å²) in [7, 11) is 0. The summed E-state index contributed by atoms with van der Waals surface area (Å²) < 4.78 is 1.91. The number of carbonyl (C=O) groups excluding carboxylic acids is 1. The quantitative estimate of drug-likeness (QED) is 0.928. The van der Waals surface area contributed by atoms with Crippen LogP contribution in [0, 0.1) is 18.8 Å². The average molecular weight is 320 g/mol. The number of carbonyl (C=O) groups is 1. The second-order valence-corrected chi connectivity index (χ2v) is 8.22. The first-order valence-corrected chi connectivity index (χ1v) is 8.74. The van der Waals surface area contributed by atoms with Gasteiger partial charge in [0, 0.05) is 31.9 Å². The number of aryl methyl sites for hydroxylation is 1. The van der Waals surface area contributed by atoms with E-state index < -0.39 is 0 Å². The van der Waals surface area contributed by atoms with Gasteiger partial charge in [-0.1, -0.05) is 13.8 Å². The molecule has 0 spiro atoms. The van der Waals surface area contributed by atoms with E-state index >= 15 is 0 Å². The van der Waals surface area contributed by atoms with E-state index in [1.807, 2.05) is 17.7 Å². The van der Waals surface area contributed by atoms with Crippen molar-refractivity contribution in [2.24, 2.45) is 11.8 Å². The Hall–Kier alpha value is -1.36. The van der Waals surface area contributed by atoms with Gasteiger partial charge < -0.3 is 10.2 Å². The molecule has 2 rings (SSSR count). The highest BCUT2D eigenvalue weighted by molar-refractivity contribution is 5.92. The zero-order valence-electron chi connectivity index (χ0n) is 15.5. The van der Waals surface area contributed by atoms with Gasteiger partial charge in [0.25, 0.3) is 5.91 Å². The molecule has 5 heteroatoms. The first kappa shape index (κ1) is 18.0. The van der Waals surface area contributed by atoms with Crippen LogP contribution in [0.5, 0.6) is 0 Å². The van der Waals surface area contributed by atoms with E-state index in [1.165, 1.54) is 6.42 Å². The highest BCUT2D eigenvalue weighted by atomic mass is 16.1. The van der Waals surface area contributed by atoms with Crippen molar-refractivity contribution in [3.05, 3.63) is 17.5 Å². The third-order valence-corrected chi connectivity index (χ3v) is 4.41. The highest BCUT2D eigenvalue weighted by Gasteiger charge is 2.22. The van der Waals surface area contributed by atoms with Crippen LogP contribution in [-0.4, -0.2) is 46.8 Å². The maximum Gasteiger partial charge on any atom is 0.271 e. The van der Waals surface area contributed by atoms with Gasteiger partial charge in [-0.15, -0.1) is 0 Å². The maximum absolute atomic E-state index is 12.3. The Labute approximate surface area is 140 Å². The molecule has 5 nitrogen and oxygen atoms in total. The Balaban J connectivity index is 1.86. The van der Waals surface area contributed by atoms with Gasteiger partial charge in [0.05, 0.1) is 5.54 Å².